The first-order chi connectivity index (χ1) is 16.5. The van der Waals surface area contributed by atoms with Crippen molar-refractivity contribution >= 4 is 29.1 Å². The van der Waals surface area contributed by atoms with E-state index in [4.69, 9.17) is 16.3 Å². The Bertz CT molecular complexity index is 1210. The zero-order chi connectivity index (χ0) is 23.7. The number of ether oxygens (including phenoxy) is 1. The van der Waals surface area contributed by atoms with Gasteiger partial charge in [-0.3, -0.25) is 9.59 Å². The highest BCUT2D eigenvalue weighted by molar-refractivity contribution is 6.31. The van der Waals surface area contributed by atoms with Crippen LogP contribution in [0.2, 0.25) is 5.02 Å². The van der Waals surface area contributed by atoms with Gasteiger partial charge in [-0.25, -0.2) is 9.37 Å². The van der Waals surface area contributed by atoms with E-state index in [-0.39, 0.29) is 28.9 Å². The first-order valence-electron chi connectivity index (χ1n) is 11.3. The molecule has 0 radical (unpaired) electrons. The molecule has 5 rings (SSSR count). The second kappa shape index (κ2) is 9.56. The lowest BCUT2D eigenvalue weighted by molar-refractivity contribution is -0.121. The van der Waals surface area contributed by atoms with Crippen LogP contribution in [0.15, 0.2) is 54.9 Å². The fraction of sp³-hybridized carbons (Fsp3) is 0.320. The minimum Gasteiger partial charge on any atom is -0.365 e. The Hall–Kier alpha value is -3.23. The maximum Gasteiger partial charge on any atom is 0.274 e. The third kappa shape index (κ3) is 4.56. The number of rotatable bonds is 4. The molecule has 1 fully saturated rings. The quantitative estimate of drug-likeness (QED) is 0.596. The number of benzene rings is 2. The molecule has 3 heterocycles. The van der Waals surface area contributed by atoms with Gasteiger partial charge in [0.2, 0.25) is 5.91 Å². The molecular formula is C25H24ClFN4O3. The van der Waals surface area contributed by atoms with Gasteiger partial charge in [-0.05, 0) is 36.6 Å². The zero-order valence-electron chi connectivity index (χ0n) is 18.4. The molecule has 2 aliphatic rings. The van der Waals surface area contributed by atoms with Gasteiger partial charge in [0.25, 0.3) is 5.91 Å². The highest BCUT2D eigenvalue weighted by atomic mass is 35.5. The Morgan fingerprint density at radius 3 is 2.62 bits per heavy atom. The van der Waals surface area contributed by atoms with E-state index in [0.717, 1.165) is 11.3 Å². The molecule has 2 aromatic carbocycles. The molecule has 1 atom stereocenters. The van der Waals surface area contributed by atoms with Gasteiger partial charge in [0, 0.05) is 24.7 Å². The van der Waals surface area contributed by atoms with Crippen LogP contribution in [-0.4, -0.2) is 39.4 Å². The molecule has 2 amide bonds. The van der Waals surface area contributed by atoms with E-state index in [2.05, 4.69) is 10.3 Å². The van der Waals surface area contributed by atoms with Gasteiger partial charge >= 0.3 is 0 Å². The fourth-order valence-electron chi connectivity index (χ4n) is 4.49. The van der Waals surface area contributed by atoms with Crippen LogP contribution >= 0.6 is 11.6 Å². The van der Waals surface area contributed by atoms with Crippen molar-refractivity contribution in [1.29, 1.82) is 0 Å². The monoisotopic (exact) mass is 482 g/mol. The molecule has 1 saturated heterocycles. The molecule has 0 unspecified atom stereocenters. The summed E-state index contributed by atoms with van der Waals surface area (Å²) in [6.07, 6.45) is 2.70. The van der Waals surface area contributed by atoms with Gasteiger partial charge in [0.05, 0.1) is 30.2 Å². The number of anilines is 1. The number of fused-ring (bicyclic) bond motifs is 1. The number of piperidine rings is 1. The maximum absolute atomic E-state index is 13.3. The zero-order valence-corrected chi connectivity index (χ0v) is 19.2. The predicted octanol–water partition coefficient (Wildman–Crippen LogP) is 4.44. The summed E-state index contributed by atoms with van der Waals surface area (Å²) in [7, 11) is 0. The van der Waals surface area contributed by atoms with Crippen molar-refractivity contribution in [3.63, 3.8) is 0 Å². The van der Waals surface area contributed by atoms with Gasteiger partial charge in [-0.2, -0.15) is 0 Å². The number of hydrogen-bond acceptors (Lipinski definition) is 4. The normalized spacial score (nSPS) is 18.4. The summed E-state index contributed by atoms with van der Waals surface area (Å²) in [6, 6.07) is 14.1. The summed E-state index contributed by atoms with van der Waals surface area (Å²) in [4.78, 5) is 31.9. The SMILES string of the molecule is O=C(Nc1ccc(F)c(Cl)c1)C1CCN(C(=O)c2ncn3c2CO[C@H](c2ccccc2)C3)CC1. The summed E-state index contributed by atoms with van der Waals surface area (Å²) in [5, 5.41) is 2.74. The number of imidazole rings is 1. The number of likely N-dealkylation sites (tertiary alicyclic amines) is 1. The summed E-state index contributed by atoms with van der Waals surface area (Å²) < 4.78 is 21.4. The van der Waals surface area contributed by atoms with Gasteiger partial charge in [-0.15, -0.1) is 0 Å². The van der Waals surface area contributed by atoms with E-state index in [9.17, 15) is 14.0 Å². The first kappa shape index (κ1) is 22.6. The Kier molecular flexibility index (Phi) is 6.34. The van der Waals surface area contributed by atoms with Crippen LogP contribution in [0.3, 0.4) is 0 Å². The Morgan fingerprint density at radius 1 is 1.12 bits per heavy atom. The minimum atomic E-state index is -0.533. The Labute approximate surface area is 201 Å². The lowest BCUT2D eigenvalue weighted by Gasteiger charge is -2.31. The van der Waals surface area contributed by atoms with Gasteiger partial charge in [-0.1, -0.05) is 41.9 Å². The van der Waals surface area contributed by atoms with Crippen LogP contribution in [0.25, 0.3) is 0 Å². The van der Waals surface area contributed by atoms with Gasteiger partial charge in [0.1, 0.15) is 11.9 Å². The molecule has 7 nitrogen and oxygen atoms in total. The molecule has 3 aromatic rings. The largest absolute Gasteiger partial charge is 0.365 e. The lowest BCUT2D eigenvalue weighted by atomic mass is 9.95. The Balaban J connectivity index is 1.18. The number of halogens is 2. The highest BCUT2D eigenvalue weighted by Crippen LogP contribution is 2.29. The summed E-state index contributed by atoms with van der Waals surface area (Å²) in [5.41, 5.74) is 2.74. The molecule has 1 N–H and O–H groups in total. The number of carbonyl (C=O) groups excluding carboxylic acids is 2. The molecule has 0 saturated carbocycles. The average molecular weight is 483 g/mol. The van der Waals surface area contributed by atoms with E-state index in [1.165, 1.54) is 18.2 Å². The number of nitrogens with one attached hydrogen (secondary N) is 1. The van der Waals surface area contributed by atoms with E-state index in [1.54, 1.807) is 11.2 Å². The Morgan fingerprint density at radius 2 is 1.88 bits per heavy atom. The fourth-order valence-corrected chi connectivity index (χ4v) is 4.67. The molecular weight excluding hydrogens is 459 g/mol. The molecule has 0 aliphatic carbocycles. The average Bonchev–Trinajstić information content (AvgIpc) is 3.30. The van der Waals surface area contributed by atoms with Gasteiger partial charge < -0.3 is 19.5 Å². The van der Waals surface area contributed by atoms with Crippen molar-refractivity contribution in [3.05, 3.63) is 82.6 Å². The summed E-state index contributed by atoms with van der Waals surface area (Å²) in [5.74, 6) is -1.07. The topological polar surface area (TPSA) is 76.5 Å². The van der Waals surface area contributed by atoms with Crippen LogP contribution in [-0.2, 0) is 22.7 Å². The molecule has 2 aliphatic heterocycles. The van der Waals surface area contributed by atoms with E-state index >= 15 is 0 Å². The van der Waals surface area contributed by atoms with Crippen molar-refractivity contribution in [1.82, 2.24) is 14.5 Å². The van der Waals surface area contributed by atoms with Crippen LogP contribution < -0.4 is 5.32 Å². The number of carbonyl (C=O) groups is 2. The second-order valence-corrected chi connectivity index (χ2v) is 8.99. The second-order valence-electron chi connectivity index (χ2n) is 8.59. The molecule has 0 spiro atoms. The predicted molar refractivity (Wildman–Crippen MR) is 125 cm³/mol. The van der Waals surface area contributed by atoms with E-state index < -0.39 is 5.82 Å². The van der Waals surface area contributed by atoms with Gasteiger partial charge in [0.15, 0.2) is 5.69 Å². The minimum absolute atomic E-state index is 0.0410. The van der Waals surface area contributed by atoms with Crippen LogP contribution in [0.1, 0.15) is 40.7 Å². The number of hydrogen-bond donors (Lipinski definition) is 1. The molecule has 1 aromatic heterocycles. The van der Waals surface area contributed by atoms with Crippen molar-refractivity contribution in [3.8, 4) is 0 Å². The number of amides is 2. The molecule has 0 bridgehead atoms. The summed E-state index contributed by atoms with van der Waals surface area (Å²) in [6.45, 7) is 1.84. The molecule has 176 valence electrons. The molecule has 9 heteroatoms. The van der Waals surface area contributed by atoms with Crippen molar-refractivity contribution < 1.29 is 18.7 Å². The number of aromatic nitrogens is 2. The lowest BCUT2D eigenvalue weighted by Crippen LogP contribution is -2.42. The smallest absolute Gasteiger partial charge is 0.274 e. The van der Waals surface area contributed by atoms with Crippen LogP contribution in [0.4, 0.5) is 10.1 Å². The maximum atomic E-state index is 13.3. The first-order valence-corrected chi connectivity index (χ1v) is 11.6. The van der Waals surface area contributed by atoms with Crippen molar-refractivity contribution in [2.75, 3.05) is 18.4 Å². The van der Waals surface area contributed by atoms with E-state index in [0.29, 0.717) is 50.5 Å². The third-order valence-electron chi connectivity index (χ3n) is 6.44. The van der Waals surface area contributed by atoms with Crippen molar-refractivity contribution in [2.45, 2.75) is 32.1 Å². The summed E-state index contributed by atoms with van der Waals surface area (Å²) >= 11 is 5.79. The standard InChI is InChI=1S/C25H24ClFN4O3/c26-19-12-18(6-7-20(19)27)29-24(32)17-8-10-30(11-9-17)25(33)23-21-14-34-22(13-31(21)15-28-23)16-4-2-1-3-5-16/h1-7,12,15,17,22H,8-11,13-14H2,(H,29,32)/t22-/m0/s1. The van der Waals surface area contributed by atoms with E-state index in [1.807, 2.05) is 34.9 Å². The number of nitrogens with zero attached hydrogens (tertiary/aromatic N) is 3. The van der Waals surface area contributed by atoms with Crippen molar-refractivity contribution in [2.24, 2.45) is 5.92 Å². The third-order valence-corrected chi connectivity index (χ3v) is 6.73. The van der Waals surface area contributed by atoms with Crippen LogP contribution in [0, 0.1) is 11.7 Å². The highest BCUT2D eigenvalue weighted by Gasteiger charge is 2.32. The molecule has 34 heavy (non-hydrogen) atoms. The van der Waals surface area contributed by atoms with Crippen LogP contribution in [0.5, 0.6) is 0 Å².